The number of rotatable bonds is 9. The van der Waals surface area contributed by atoms with Crippen molar-refractivity contribution in [2.24, 2.45) is 0 Å². The fourth-order valence-electron chi connectivity index (χ4n) is 4.40. The van der Waals surface area contributed by atoms with Crippen molar-refractivity contribution >= 4 is 35.6 Å². The van der Waals surface area contributed by atoms with Crippen molar-refractivity contribution in [1.29, 1.82) is 0 Å². The highest BCUT2D eigenvalue weighted by molar-refractivity contribution is 7.79. The minimum absolute atomic E-state index is 0.158. The Morgan fingerprint density at radius 1 is 0.512 bits per heavy atom. The van der Waals surface area contributed by atoms with Crippen molar-refractivity contribution in [2.75, 3.05) is 0 Å². The minimum Gasteiger partial charge on any atom is -0.508 e. The molecule has 7 heteroatoms. The third-order valence-corrected chi connectivity index (χ3v) is 8.91. The molecule has 0 spiro atoms. The van der Waals surface area contributed by atoms with Crippen molar-refractivity contribution < 1.29 is 19.8 Å². The molecule has 0 saturated heterocycles. The van der Waals surface area contributed by atoms with Crippen LogP contribution in [-0.4, -0.2) is 22.0 Å². The van der Waals surface area contributed by atoms with E-state index in [1.54, 1.807) is 54.6 Å². The van der Waals surface area contributed by atoms with Crippen LogP contribution < -0.4 is 26.5 Å². The third-order valence-electron chi connectivity index (χ3n) is 6.51. The second-order valence-corrected chi connectivity index (χ2v) is 11.7. The number of benzene rings is 5. The van der Waals surface area contributed by atoms with Gasteiger partial charge in [0, 0.05) is 24.2 Å². The van der Waals surface area contributed by atoms with Gasteiger partial charge in [0.25, 0.3) is 11.8 Å². The zero-order valence-electron chi connectivity index (χ0n) is 22.2. The van der Waals surface area contributed by atoms with Crippen molar-refractivity contribution in [3.05, 3.63) is 150 Å². The molecule has 0 aliphatic rings. The summed E-state index contributed by atoms with van der Waals surface area (Å²) in [5.41, 5.74) is 2.45. The molecule has 0 radical (unpaired) electrons. The van der Waals surface area contributed by atoms with Crippen LogP contribution in [0.3, 0.4) is 0 Å². The summed E-state index contributed by atoms with van der Waals surface area (Å²) in [6, 6.07) is 38.8. The Morgan fingerprint density at radius 3 is 1.29 bits per heavy atom. The van der Waals surface area contributed by atoms with Gasteiger partial charge in [-0.15, -0.1) is 0 Å². The highest BCUT2D eigenvalue weighted by atomic mass is 31.1. The first-order chi connectivity index (χ1) is 20.0. The van der Waals surface area contributed by atoms with Gasteiger partial charge in [0.2, 0.25) is 0 Å². The first-order valence-corrected chi connectivity index (χ1v) is 14.5. The number of carbonyl (C=O) groups excluding carboxylic acids is 2. The molecule has 0 atom stereocenters. The van der Waals surface area contributed by atoms with Crippen LogP contribution in [0.2, 0.25) is 0 Å². The number of nitrogens with one attached hydrogen (secondary N) is 2. The van der Waals surface area contributed by atoms with Gasteiger partial charge in [-0.3, -0.25) is 9.59 Å². The Hall–Kier alpha value is -4.93. The molecule has 5 rings (SSSR count). The molecular formula is C34H29N2O4P. The van der Waals surface area contributed by atoms with E-state index in [2.05, 4.69) is 34.9 Å². The number of carbonyl (C=O) groups is 2. The second-order valence-electron chi connectivity index (χ2n) is 9.47. The van der Waals surface area contributed by atoms with E-state index in [9.17, 15) is 19.8 Å². The standard InChI is InChI=1S/C34H29N2O4P/c37-28-15-11-24(12-16-28)22-35-33(39)26-19-27(34(40)36-23-25-13-17-29(38)18-14-25)21-32(20-26)41(30-7-3-1-4-8-30)31-9-5-2-6-10-31/h1-21,37-38H,22-23H2,(H,35,39)(H,36,40). The molecular weight excluding hydrogens is 531 g/mol. The predicted molar refractivity (Wildman–Crippen MR) is 164 cm³/mol. The number of amides is 2. The van der Waals surface area contributed by atoms with Gasteiger partial charge >= 0.3 is 0 Å². The van der Waals surface area contributed by atoms with E-state index in [-0.39, 0.29) is 36.4 Å². The van der Waals surface area contributed by atoms with Crippen molar-refractivity contribution in [1.82, 2.24) is 10.6 Å². The lowest BCUT2D eigenvalue weighted by Crippen LogP contribution is -2.29. The summed E-state index contributed by atoms with van der Waals surface area (Å²) >= 11 is 0. The van der Waals surface area contributed by atoms with Crippen molar-refractivity contribution in [3.8, 4) is 11.5 Å². The zero-order chi connectivity index (χ0) is 28.6. The summed E-state index contributed by atoms with van der Waals surface area (Å²) in [5.74, 6) is -0.288. The van der Waals surface area contributed by atoms with Gasteiger partial charge in [-0.2, -0.15) is 0 Å². The van der Waals surface area contributed by atoms with Crippen LogP contribution in [0.1, 0.15) is 31.8 Å². The molecule has 0 unspecified atom stereocenters. The molecule has 0 aliphatic carbocycles. The van der Waals surface area contributed by atoms with Gasteiger partial charge in [0.05, 0.1) is 0 Å². The fraction of sp³-hybridized carbons (Fsp3) is 0.0588. The molecule has 41 heavy (non-hydrogen) atoms. The maximum atomic E-state index is 13.4. The highest BCUT2D eigenvalue weighted by Gasteiger charge is 2.21. The van der Waals surface area contributed by atoms with Crippen molar-refractivity contribution in [3.63, 3.8) is 0 Å². The van der Waals surface area contributed by atoms with Gasteiger partial charge < -0.3 is 20.8 Å². The van der Waals surface area contributed by atoms with Crippen LogP contribution in [0.15, 0.2) is 127 Å². The van der Waals surface area contributed by atoms with Crippen LogP contribution in [0, 0.1) is 0 Å². The first kappa shape index (κ1) is 27.6. The van der Waals surface area contributed by atoms with E-state index in [1.165, 1.54) is 0 Å². The molecule has 2 amide bonds. The Labute approximate surface area is 240 Å². The Balaban J connectivity index is 1.50. The highest BCUT2D eigenvalue weighted by Crippen LogP contribution is 2.33. The normalized spacial score (nSPS) is 10.8. The maximum Gasteiger partial charge on any atom is 0.251 e. The van der Waals surface area contributed by atoms with E-state index in [4.69, 9.17) is 0 Å². The molecule has 0 fully saturated rings. The van der Waals surface area contributed by atoms with Crippen LogP contribution in [-0.2, 0) is 13.1 Å². The summed E-state index contributed by atoms with van der Waals surface area (Å²) in [4.78, 5) is 26.8. The number of phenolic OH excluding ortho intramolecular Hbond substituents is 2. The van der Waals surface area contributed by atoms with Crippen LogP contribution in [0.5, 0.6) is 11.5 Å². The number of phenols is 2. The molecule has 5 aromatic carbocycles. The molecule has 5 aromatic rings. The molecule has 0 aromatic heterocycles. The average molecular weight is 561 g/mol. The molecule has 0 bridgehead atoms. The maximum absolute atomic E-state index is 13.4. The minimum atomic E-state index is -1.06. The lowest BCUT2D eigenvalue weighted by Gasteiger charge is -2.21. The lowest BCUT2D eigenvalue weighted by atomic mass is 10.1. The summed E-state index contributed by atoms with van der Waals surface area (Å²) in [6.45, 7) is 0.551. The predicted octanol–water partition coefficient (Wildman–Crippen LogP) is 4.72. The molecule has 0 aliphatic heterocycles. The van der Waals surface area contributed by atoms with E-state index in [1.807, 2.05) is 48.5 Å². The van der Waals surface area contributed by atoms with Crippen LogP contribution in [0.4, 0.5) is 0 Å². The van der Waals surface area contributed by atoms with E-state index < -0.39 is 7.92 Å². The SMILES string of the molecule is O=C(NCc1ccc(O)cc1)c1cc(C(=O)NCc2ccc(O)cc2)cc(P(c2ccccc2)c2ccccc2)c1. The first-order valence-electron chi connectivity index (χ1n) is 13.1. The van der Waals surface area contributed by atoms with E-state index >= 15 is 0 Å². The summed E-state index contributed by atoms with van der Waals surface area (Å²) in [5, 5.41) is 28.1. The molecule has 6 nitrogen and oxygen atoms in total. The van der Waals surface area contributed by atoms with Crippen LogP contribution >= 0.6 is 7.92 Å². The quantitative estimate of drug-likeness (QED) is 0.196. The Morgan fingerprint density at radius 2 is 0.902 bits per heavy atom. The van der Waals surface area contributed by atoms with Crippen molar-refractivity contribution in [2.45, 2.75) is 13.1 Å². The lowest BCUT2D eigenvalue weighted by molar-refractivity contribution is 0.0950. The zero-order valence-corrected chi connectivity index (χ0v) is 23.1. The van der Waals surface area contributed by atoms with E-state index in [0.717, 1.165) is 27.0 Å². The fourth-order valence-corrected chi connectivity index (χ4v) is 6.77. The summed E-state index contributed by atoms with van der Waals surface area (Å²) in [6.07, 6.45) is 0. The largest absolute Gasteiger partial charge is 0.508 e. The Kier molecular flexibility index (Phi) is 8.73. The second kappa shape index (κ2) is 12.9. The smallest absolute Gasteiger partial charge is 0.251 e. The molecule has 4 N–H and O–H groups in total. The van der Waals surface area contributed by atoms with Gasteiger partial charge in [0.15, 0.2) is 0 Å². The topological polar surface area (TPSA) is 98.7 Å². The Bertz CT molecular complexity index is 1500. The molecule has 0 heterocycles. The monoisotopic (exact) mass is 560 g/mol. The number of aromatic hydroxyl groups is 2. The summed E-state index contributed by atoms with van der Waals surface area (Å²) < 4.78 is 0. The number of hydrogen-bond donors (Lipinski definition) is 4. The van der Waals surface area contributed by atoms with Gasteiger partial charge in [-0.1, -0.05) is 84.9 Å². The number of hydrogen-bond acceptors (Lipinski definition) is 4. The molecule has 204 valence electrons. The van der Waals surface area contributed by atoms with Gasteiger partial charge in [-0.05, 0) is 77.4 Å². The van der Waals surface area contributed by atoms with Gasteiger partial charge in [-0.25, -0.2) is 0 Å². The van der Waals surface area contributed by atoms with Crippen LogP contribution in [0.25, 0.3) is 0 Å². The third kappa shape index (κ3) is 7.18. The molecule has 0 saturated carbocycles. The average Bonchev–Trinajstić information content (AvgIpc) is 3.01. The van der Waals surface area contributed by atoms with Gasteiger partial charge in [0.1, 0.15) is 11.5 Å². The van der Waals surface area contributed by atoms with E-state index in [0.29, 0.717) is 11.1 Å². The summed E-state index contributed by atoms with van der Waals surface area (Å²) in [7, 11) is -1.06.